The van der Waals surface area contributed by atoms with Gasteiger partial charge < -0.3 is 54.7 Å². The molecule has 0 atom stereocenters. The molecule has 30 heteroatoms. The van der Waals surface area contributed by atoms with Gasteiger partial charge in [0.2, 0.25) is 5.60 Å². The number of pyridine rings is 5. The van der Waals surface area contributed by atoms with Crippen molar-refractivity contribution >= 4 is 141 Å². The number of aliphatic hydroxyl groups excluding tert-OH is 4. The molecular formula is C105H131B2Br3N5O18Pd2+. The Morgan fingerprint density at radius 1 is 0.311 bits per heavy atom. The Labute approximate surface area is 846 Å². The normalized spacial score (nSPS) is 12.4. The number of carbonyl (C=O) groups is 5. The van der Waals surface area contributed by atoms with Crippen LogP contribution in [-0.2, 0) is 83.4 Å². The van der Waals surface area contributed by atoms with Gasteiger partial charge in [-0.3, -0.25) is 34.5 Å². The monoisotopic (exact) mass is 2220 g/mol. The standard InChI is InChI=1S/C21H21NO2.2C18H15NO.C15H16BrNO2.C10H11Br2O2.C6H7BO2.C5H6BNO2.4C2H6.4CH4O.2O.2Pd/c1-21(2,3)24-20(23)17-13-18(15-7-5-4-6-8-15)19(14-17)16-9-11-22-12-10-16;2*1-13(20)16-11-17(14-5-3-2-4-6-14)18(12-16)15-7-9-19-10-8-15;1-15(2,3)19-14(18)11-8-12(13(16)9-11)10-4-6-17-7-5-10;1-10(2,3)14-9(13)6-4-7(11)8(12)5-6;8-7(9)6-4-2-1-3-5-6;8-6(9)5-1-3-7-4-2-5;8*1-2;;;;/h4-13H,14H2,1-3H3;2-10,12H,11H2,1H3;2-11H,12H2,1H3;4-7,9H,8H2,1-3H3;4H,1,5H2,2-3H3;1-5,8-9H;1-4,8-9H;4*1-2H3;4*2H,1H3;;;;/q;;;;+1;;;;;;;;;;;;;;. The molecule has 23 nitrogen and oxygen atoms in total. The summed E-state index contributed by atoms with van der Waals surface area (Å²) in [6.07, 6.45) is 29.9. The van der Waals surface area contributed by atoms with Gasteiger partial charge in [0.1, 0.15) is 18.1 Å². The summed E-state index contributed by atoms with van der Waals surface area (Å²) < 4.78 is 35.1. The van der Waals surface area contributed by atoms with Crippen LogP contribution >= 0.6 is 47.8 Å². The fourth-order valence-corrected chi connectivity index (χ4v) is 13.2. The Bertz CT molecular complexity index is 5080. The molecule has 0 radical (unpaired) electrons. The van der Waals surface area contributed by atoms with Gasteiger partial charge in [-0.25, -0.2) is 14.4 Å². The number of hydrogen-bond donors (Lipinski definition) is 8. The van der Waals surface area contributed by atoms with E-state index in [2.05, 4.69) is 116 Å². The second-order valence-electron chi connectivity index (χ2n) is 29.2. The molecule has 5 heterocycles. The van der Waals surface area contributed by atoms with Crippen LogP contribution in [0.3, 0.4) is 0 Å². The molecule has 5 aliphatic carbocycles. The number of rotatable bonds is 15. The summed E-state index contributed by atoms with van der Waals surface area (Å²) in [7, 11) is 1.28. The second kappa shape index (κ2) is 74.1. The van der Waals surface area contributed by atoms with Crippen LogP contribution in [0, 0.1) is 6.92 Å². The number of benzene rings is 4. The predicted molar refractivity (Wildman–Crippen MR) is 549 cm³/mol. The van der Waals surface area contributed by atoms with Crippen LogP contribution in [0.5, 0.6) is 0 Å². The topological polar surface area (TPSA) is 373 Å². The van der Waals surface area contributed by atoms with Gasteiger partial charge in [-0.15, -0.1) is 0 Å². The predicted octanol–water partition coefficient (Wildman–Crippen LogP) is 20.2. The molecule has 0 spiro atoms. The number of nitrogens with zero attached hydrogens (tertiary/aromatic N) is 5. The molecule has 0 saturated heterocycles. The summed E-state index contributed by atoms with van der Waals surface area (Å²) in [5, 5.41) is 62.3. The van der Waals surface area contributed by atoms with E-state index in [4.69, 9.17) is 61.7 Å². The van der Waals surface area contributed by atoms with E-state index in [1.165, 1.54) is 67.4 Å². The van der Waals surface area contributed by atoms with E-state index in [0.717, 1.165) is 114 Å². The van der Waals surface area contributed by atoms with Crippen LogP contribution < -0.4 is 10.9 Å². The third-order valence-electron chi connectivity index (χ3n) is 17.2. The third-order valence-corrected chi connectivity index (χ3v) is 19.9. The minimum atomic E-state index is -1.38. The zero-order valence-corrected chi connectivity index (χ0v) is 88.9. The van der Waals surface area contributed by atoms with Gasteiger partial charge in [0.05, 0.1) is 0 Å². The summed E-state index contributed by atoms with van der Waals surface area (Å²) in [4.78, 5) is 79.4. The average molecular weight is 2230 g/mol. The molecule has 5 aliphatic rings. The van der Waals surface area contributed by atoms with Crippen molar-refractivity contribution in [1.29, 1.82) is 0 Å². The van der Waals surface area contributed by atoms with Gasteiger partial charge in [-0.05, 0) is 262 Å². The van der Waals surface area contributed by atoms with Crippen molar-refractivity contribution < 1.29 is 124 Å². The van der Waals surface area contributed by atoms with Crippen LogP contribution in [0.2, 0.25) is 0 Å². The van der Waals surface area contributed by atoms with Gasteiger partial charge >= 0.3 is 77.4 Å². The summed E-state index contributed by atoms with van der Waals surface area (Å²) in [6, 6.07) is 58.1. The second-order valence-corrected chi connectivity index (χ2v) is 31.9. The fraction of sp³-hybridized carbons (Fsp3) is 0.286. The molecule has 0 amide bonds. The number of allylic oxidation sites excluding steroid dienone is 17. The minimum absolute atomic E-state index is 0.141. The van der Waals surface area contributed by atoms with Gasteiger partial charge in [0.15, 0.2) is 11.6 Å². The summed E-state index contributed by atoms with van der Waals surface area (Å²) in [6.45, 7) is 37.7. The maximum absolute atomic E-state index is 12.5. The summed E-state index contributed by atoms with van der Waals surface area (Å²) >= 11 is 13.2. The molecule has 0 unspecified atom stereocenters. The number of aromatic nitrogens is 5. The molecule has 14 rings (SSSR count). The third kappa shape index (κ3) is 49.4. The number of esters is 3. The van der Waals surface area contributed by atoms with Crippen LogP contribution in [0.4, 0.5) is 0 Å². The first kappa shape index (κ1) is 129. The number of halogens is 3. The number of Topliss-reactive ketones (excluding diaryl/α,β-unsaturated/α-hetero) is 2. The Hall–Kier alpha value is -10.2. The number of ketones is 2. The van der Waals surface area contributed by atoms with Crippen LogP contribution in [0.15, 0.2) is 316 Å². The number of hydrogen-bond acceptors (Lipinski definition) is 23. The molecule has 4 aromatic carbocycles. The number of carbonyl (C=O) groups excluding carboxylic acids is 5. The van der Waals surface area contributed by atoms with Crippen molar-refractivity contribution in [3.05, 3.63) is 362 Å². The van der Waals surface area contributed by atoms with Gasteiger partial charge in [0.25, 0.3) is 0 Å². The van der Waals surface area contributed by atoms with E-state index in [9.17, 15) is 24.0 Å². The molecule has 0 saturated carbocycles. The SMILES string of the molecule is CC.CC.CC.CC.CC(=O)C1=CC(c2ccccc2)=C(c2ccncc2)C1.CC(=O)C1=CC(c2ccncc2)=C(c2ccccc2)C1.CC(C)(C)OC(=O)C1=CC(Br)=C(c2ccncc2)C1.CC(C)(C)OC(=O)C1=CC(c2ccccc2)=C(c2ccncc2)C1.CO.CO.CO.CO.OB(O)c1ccccc1.OB(O)c1ccncc1.[CH2+]C(C)(C)OC(=O)C1=CC(Br)=C(Br)C1.[O]=[Pd].[O]=[Pd]. The summed E-state index contributed by atoms with van der Waals surface area (Å²) in [5.74, 6) is -0.533. The van der Waals surface area contributed by atoms with Crippen LogP contribution in [0.1, 0.15) is 196 Å². The summed E-state index contributed by atoms with van der Waals surface area (Å²) in [5.41, 5.74) is 18.9. The molecule has 9 aromatic rings. The zero-order chi connectivity index (χ0) is 103. The maximum atomic E-state index is 12.5. The van der Waals surface area contributed by atoms with Gasteiger partial charge in [-0.1, -0.05) is 209 Å². The van der Waals surface area contributed by atoms with E-state index in [-0.39, 0.29) is 29.5 Å². The van der Waals surface area contributed by atoms with Crippen molar-refractivity contribution in [3.63, 3.8) is 0 Å². The number of aliphatic hydroxyl groups is 4. The molecule has 8 N–H and O–H groups in total. The van der Waals surface area contributed by atoms with E-state index in [0.29, 0.717) is 59.7 Å². The van der Waals surface area contributed by atoms with Gasteiger partial charge in [0, 0.05) is 167 Å². The Balaban J connectivity index is -0.00000148. The van der Waals surface area contributed by atoms with Crippen molar-refractivity contribution in [3.8, 4) is 0 Å². The molecule has 0 bridgehead atoms. The van der Waals surface area contributed by atoms with Crippen molar-refractivity contribution in [2.24, 2.45) is 0 Å². The first-order chi connectivity index (χ1) is 64.7. The van der Waals surface area contributed by atoms with Crippen molar-refractivity contribution in [1.82, 2.24) is 24.9 Å². The fourth-order valence-electron chi connectivity index (χ4n) is 11.8. The van der Waals surface area contributed by atoms with Crippen molar-refractivity contribution in [2.45, 2.75) is 174 Å². The molecule has 0 aliphatic heterocycles. The van der Waals surface area contributed by atoms with E-state index in [1.54, 1.807) is 120 Å². The first-order valence-electron chi connectivity index (χ1n) is 42.9. The van der Waals surface area contributed by atoms with E-state index >= 15 is 0 Å². The Morgan fingerprint density at radius 3 is 0.807 bits per heavy atom. The molecule has 5 aromatic heterocycles. The Morgan fingerprint density at radius 2 is 0.533 bits per heavy atom. The van der Waals surface area contributed by atoms with Gasteiger partial charge in [-0.2, -0.15) is 0 Å². The van der Waals surface area contributed by atoms with Crippen molar-refractivity contribution in [2.75, 3.05) is 28.4 Å². The van der Waals surface area contributed by atoms with E-state index in [1.807, 2.05) is 230 Å². The molecule has 0 fully saturated rings. The van der Waals surface area contributed by atoms with Crippen LogP contribution in [-0.4, -0.2) is 154 Å². The average Bonchev–Trinajstić information content (AvgIpc) is 1.68. The molecule has 730 valence electrons. The Kier molecular flexibility index (Phi) is 70.7. The number of ether oxygens (including phenoxy) is 3. The van der Waals surface area contributed by atoms with Crippen LogP contribution in [0.25, 0.3) is 39.0 Å². The molecular weight excluding hydrogens is 2090 g/mol. The first-order valence-corrected chi connectivity index (χ1v) is 46.6. The quantitative estimate of drug-likeness (QED) is 0.0204. The van der Waals surface area contributed by atoms with E-state index < -0.39 is 31.0 Å². The molecule has 135 heavy (non-hydrogen) atoms. The zero-order valence-electron chi connectivity index (χ0n) is 81.0.